The van der Waals surface area contributed by atoms with Crippen LogP contribution in [0.2, 0.25) is 0 Å². The molecule has 1 atom stereocenters. The summed E-state index contributed by atoms with van der Waals surface area (Å²) in [6.07, 6.45) is -3.74. The maximum absolute atomic E-state index is 14.8. The number of rotatable bonds is 3. The number of halogens is 5. The zero-order valence-electron chi connectivity index (χ0n) is 19.6. The normalized spacial score (nSPS) is 16.4. The molecule has 0 radical (unpaired) electrons. The van der Waals surface area contributed by atoms with Gasteiger partial charge in [-0.2, -0.15) is 13.2 Å². The molecular weight excluding hydrogens is 499 g/mol. The highest BCUT2D eigenvalue weighted by Crippen LogP contribution is 2.33. The lowest BCUT2D eigenvalue weighted by molar-refractivity contribution is -0.147. The van der Waals surface area contributed by atoms with Crippen LogP contribution in [0.1, 0.15) is 23.2 Å². The summed E-state index contributed by atoms with van der Waals surface area (Å²) < 4.78 is 75.4. The van der Waals surface area contributed by atoms with E-state index in [-0.39, 0.29) is 30.4 Å². The average Bonchev–Trinajstić information content (AvgIpc) is 2.85. The number of pyridine rings is 1. The third kappa shape index (κ3) is 4.61. The van der Waals surface area contributed by atoms with Gasteiger partial charge in [-0.3, -0.25) is 14.3 Å². The van der Waals surface area contributed by atoms with Crippen LogP contribution in [0, 0.1) is 18.6 Å². The van der Waals surface area contributed by atoms with Gasteiger partial charge in [0.1, 0.15) is 28.9 Å². The van der Waals surface area contributed by atoms with Gasteiger partial charge in [0.25, 0.3) is 5.56 Å². The highest BCUT2D eigenvalue weighted by Gasteiger charge is 2.37. The van der Waals surface area contributed by atoms with Crippen LogP contribution >= 0.6 is 0 Å². The second-order valence-corrected chi connectivity index (χ2v) is 8.53. The first-order chi connectivity index (χ1) is 17.5. The first kappa shape index (κ1) is 24.7. The van der Waals surface area contributed by atoms with Gasteiger partial charge in [-0.15, -0.1) is 0 Å². The van der Waals surface area contributed by atoms with E-state index in [0.717, 1.165) is 30.4 Å². The Morgan fingerprint density at radius 2 is 1.84 bits per heavy atom. The van der Waals surface area contributed by atoms with E-state index in [4.69, 9.17) is 4.74 Å². The van der Waals surface area contributed by atoms with Crippen molar-refractivity contribution in [3.8, 4) is 11.3 Å². The molecule has 0 amide bonds. The van der Waals surface area contributed by atoms with E-state index in [0.29, 0.717) is 17.2 Å². The SMILES string of the molecule is Cc1cc([C@H]2CN(c3nc(-c4ccc(F)cc4F)c4nc(C(F)(F)F)n(C)c(=O)c4n3)CCO2)ccn1. The molecule has 37 heavy (non-hydrogen) atoms. The van der Waals surface area contributed by atoms with E-state index in [1.807, 2.05) is 13.0 Å². The fourth-order valence-corrected chi connectivity index (χ4v) is 4.20. The van der Waals surface area contributed by atoms with E-state index in [2.05, 4.69) is 19.9 Å². The molecule has 5 rings (SSSR count). The maximum Gasteiger partial charge on any atom is 0.449 e. The second kappa shape index (κ2) is 9.14. The lowest BCUT2D eigenvalue weighted by Gasteiger charge is -2.33. The number of hydrogen-bond donors (Lipinski definition) is 0. The predicted molar refractivity (Wildman–Crippen MR) is 123 cm³/mol. The van der Waals surface area contributed by atoms with Crippen molar-refractivity contribution in [3.05, 3.63) is 75.6 Å². The van der Waals surface area contributed by atoms with Gasteiger partial charge in [0, 0.05) is 37.1 Å². The number of aryl methyl sites for hydroxylation is 1. The molecule has 1 saturated heterocycles. The molecule has 0 spiro atoms. The topological polar surface area (TPSA) is 86.0 Å². The molecule has 0 unspecified atom stereocenters. The molecule has 3 aromatic heterocycles. The van der Waals surface area contributed by atoms with Crippen molar-refractivity contribution in [1.82, 2.24) is 24.5 Å². The Morgan fingerprint density at radius 1 is 1.05 bits per heavy atom. The molecule has 1 aliphatic heterocycles. The van der Waals surface area contributed by atoms with Crippen molar-refractivity contribution in [2.24, 2.45) is 7.05 Å². The van der Waals surface area contributed by atoms with Gasteiger partial charge in [0.05, 0.1) is 13.2 Å². The number of nitrogens with zero attached hydrogens (tertiary/aromatic N) is 6. The molecule has 0 aliphatic carbocycles. The molecule has 4 heterocycles. The fraction of sp³-hybridized carbons (Fsp3) is 0.292. The largest absolute Gasteiger partial charge is 0.449 e. The van der Waals surface area contributed by atoms with E-state index < -0.39 is 46.3 Å². The quantitative estimate of drug-likeness (QED) is 0.380. The smallest absolute Gasteiger partial charge is 0.370 e. The van der Waals surface area contributed by atoms with Crippen molar-refractivity contribution >= 4 is 17.0 Å². The monoisotopic (exact) mass is 518 g/mol. The molecule has 0 bridgehead atoms. The zero-order chi connectivity index (χ0) is 26.5. The number of benzene rings is 1. The van der Waals surface area contributed by atoms with E-state index in [1.165, 1.54) is 0 Å². The van der Waals surface area contributed by atoms with Gasteiger partial charge in [0.2, 0.25) is 11.8 Å². The van der Waals surface area contributed by atoms with Crippen LogP contribution in [0.25, 0.3) is 22.3 Å². The summed E-state index contributed by atoms with van der Waals surface area (Å²) >= 11 is 0. The summed E-state index contributed by atoms with van der Waals surface area (Å²) in [5, 5.41) is 0. The Morgan fingerprint density at radius 3 is 2.54 bits per heavy atom. The molecule has 1 fully saturated rings. The Bertz CT molecular complexity index is 1570. The second-order valence-electron chi connectivity index (χ2n) is 8.53. The van der Waals surface area contributed by atoms with Crippen LogP contribution in [-0.4, -0.2) is 44.2 Å². The third-order valence-electron chi connectivity index (χ3n) is 6.00. The van der Waals surface area contributed by atoms with Gasteiger partial charge >= 0.3 is 6.18 Å². The van der Waals surface area contributed by atoms with Crippen molar-refractivity contribution in [3.63, 3.8) is 0 Å². The Balaban J connectivity index is 1.70. The molecule has 4 aromatic rings. The molecule has 1 aliphatic rings. The molecule has 1 aromatic carbocycles. The summed E-state index contributed by atoms with van der Waals surface area (Å²) in [5.74, 6) is -3.48. The Labute approximate surface area is 206 Å². The standard InChI is InChI=1S/C24H19F5N6O2/c1-12-9-13(5-6-30-12)17-11-35(7-8-37-17)23-32-18(15-4-3-14(25)10-16(15)26)19-20(33-23)21(36)34(2)22(31-19)24(27,28)29/h3-6,9-10,17H,7-8,11H2,1-2H3/t17-/m1/s1. The number of ether oxygens (including phenoxy) is 1. The summed E-state index contributed by atoms with van der Waals surface area (Å²) in [7, 11) is 0.925. The number of anilines is 1. The van der Waals surface area contributed by atoms with Crippen LogP contribution in [0.4, 0.5) is 27.9 Å². The van der Waals surface area contributed by atoms with Crippen LogP contribution < -0.4 is 10.5 Å². The predicted octanol–water partition coefficient (Wildman–Crippen LogP) is 3.97. The molecule has 0 saturated carbocycles. The van der Waals surface area contributed by atoms with Gasteiger partial charge in [-0.1, -0.05) is 0 Å². The van der Waals surface area contributed by atoms with Gasteiger partial charge < -0.3 is 9.64 Å². The number of alkyl halides is 3. The minimum absolute atomic E-state index is 0.0241. The van der Waals surface area contributed by atoms with E-state index >= 15 is 0 Å². The zero-order valence-corrected chi connectivity index (χ0v) is 19.6. The molecule has 0 N–H and O–H groups in total. The minimum Gasteiger partial charge on any atom is -0.370 e. The van der Waals surface area contributed by atoms with Gasteiger partial charge in [-0.25, -0.2) is 23.7 Å². The number of morpholine rings is 1. The van der Waals surface area contributed by atoms with E-state index in [1.54, 1.807) is 17.2 Å². The summed E-state index contributed by atoms with van der Waals surface area (Å²) in [6, 6.07) is 6.19. The number of aromatic nitrogens is 5. The van der Waals surface area contributed by atoms with Gasteiger partial charge in [-0.05, 0) is 36.8 Å². The summed E-state index contributed by atoms with van der Waals surface area (Å²) in [5.41, 5.74) is -1.11. The lowest BCUT2D eigenvalue weighted by Crippen LogP contribution is -2.40. The Hall–Kier alpha value is -4.00. The molecule has 192 valence electrons. The number of fused-ring (bicyclic) bond motifs is 1. The van der Waals surface area contributed by atoms with Crippen LogP contribution in [0.5, 0.6) is 0 Å². The highest BCUT2D eigenvalue weighted by atomic mass is 19.4. The summed E-state index contributed by atoms with van der Waals surface area (Å²) in [4.78, 5) is 31.0. The first-order valence-electron chi connectivity index (χ1n) is 11.1. The van der Waals surface area contributed by atoms with Crippen molar-refractivity contribution in [2.75, 3.05) is 24.6 Å². The summed E-state index contributed by atoms with van der Waals surface area (Å²) in [6.45, 7) is 2.63. The van der Waals surface area contributed by atoms with Crippen molar-refractivity contribution < 1.29 is 26.7 Å². The number of hydrogen-bond acceptors (Lipinski definition) is 7. The van der Waals surface area contributed by atoms with Crippen molar-refractivity contribution in [2.45, 2.75) is 19.2 Å². The van der Waals surface area contributed by atoms with Crippen molar-refractivity contribution in [1.29, 1.82) is 0 Å². The maximum atomic E-state index is 14.8. The lowest BCUT2D eigenvalue weighted by atomic mass is 10.1. The van der Waals surface area contributed by atoms with E-state index in [9.17, 15) is 26.7 Å². The van der Waals surface area contributed by atoms with Crippen LogP contribution in [0.3, 0.4) is 0 Å². The Kier molecular flexibility index (Phi) is 6.10. The molecular formula is C24H19F5N6O2. The minimum atomic E-state index is -4.97. The molecule has 8 nitrogen and oxygen atoms in total. The highest BCUT2D eigenvalue weighted by molar-refractivity contribution is 5.89. The van der Waals surface area contributed by atoms with Crippen LogP contribution in [-0.2, 0) is 18.0 Å². The van der Waals surface area contributed by atoms with Gasteiger partial charge in [0.15, 0.2) is 5.52 Å². The third-order valence-corrected chi connectivity index (χ3v) is 6.00. The fourth-order valence-electron chi connectivity index (χ4n) is 4.20. The first-order valence-corrected chi connectivity index (χ1v) is 11.1. The average molecular weight is 518 g/mol. The molecule has 13 heteroatoms. The van der Waals surface area contributed by atoms with Crippen LogP contribution in [0.15, 0.2) is 41.3 Å².